The fourth-order valence-electron chi connectivity index (χ4n) is 3.37. The Balaban J connectivity index is 1.58. The van der Waals surface area contributed by atoms with Crippen molar-refractivity contribution in [1.29, 1.82) is 0 Å². The van der Waals surface area contributed by atoms with Gasteiger partial charge in [0.05, 0.1) is 5.56 Å². The molecule has 0 aliphatic carbocycles. The zero-order chi connectivity index (χ0) is 20.1. The van der Waals surface area contributed by atoms with Gasteiger partial charge in [0.15, 0.2) is 0 Å². The molecule has 2 amide bonds. The highest BCUT2D eigenvalue weighted by Gasteiger charge is 2.17. The van der Waals surface area contributed by atoms with Crippen LogP contribution < -0.4 is 5.32 Å². The molecule has 2 aromatic rings. The van der Waals surface area contributed by atoms with Crippen LogP contribution in [0.15, 0.2) is 42.5 Å². The van der Waals surface area contributed by atoms with E-state index in [1.807, 2.05) is 17.0 Å². The maximum Gasteiger partial charge on any atom is 0.335 e. The molecular formula is C22H24N2O4. The van der Waals surface area contributed by atoms with Gasteiger partial charge in [0.25, 0.3) is 5.91 Å². The predicted octanol–water partition coefficient (Wildman–Crippen LogP) is 3.50. The van der Waals surface area contributed by atoms with Gasteiger partial charge in [0.1, 0.15) is 0 Å². The number of carboxylic acids is 1. The van der Waals surface area contributed by atoms with Gasteiger partial charge >= 0.3 is 5.97 Å². The van der Waals surface area contributed by atoms with Crippen molar-refractivity contribution in [3.05, 3.63) is 64.7 Å². The van der Waals surface area contributed by atoms with Gasteiger partial charge in [-0.05, 0) is 67.6 Å². The standard InChI is InChI=1S/C22H24N2O4/c1-15-12-17(14-18(13-15)22(27)28)21(26)23-19-7-4-16(5-8-19)6-9-20(25)24-10-2-3-11-24/h4-5,7-8,12-14H,2-3,6,9-11H2,1H3,(H,23,26)(H,27,28). The number of benzene rings is 2. The summed E-state index contributed by atoms with van der Waals surface area (Å²) in [5.74, 6) is -1.22. The number of hydrogen-bond donors (Lipinski definition) is 2. The largest absolute Gasteiger partial charge is 0.478 e. The molecule has 6 heteroatoms. The summed E-state index contributed by atoms with van der Waals surface area (Å²) in [6.07, 6.45) is 3.35. The van der Waals surface area contributed by atoms with E-state index in [1.165, 1.54) is 12.1 Å². The molecular weight excluding hydrogens is 356 g/mol. The number of likely N-dealkylation sites (tertiary alicyclic amines) is 1. The lowest BCUT2D eigenvalue weighted by atomic mass is 10.1. The molecule has 0 atom stereocenters. The monoisotopic (exact) mass is 380 g/mol. The summed E-state index contributed by atoms with van der Waals surface area (Å²) in [6.45, 7) is 3.49. The van der Waals surface area contributed by atoms with Crippen molar-refractivity contribution in [2.45, 2.75) is 32.6 Å². The number of nitrogens with zero attached hydrogens (tertiary/aromatic N) is 1. The van der Waals surface area contributed by atoms with E-state index < -0.39 is 5.97 Å². The van der Waals surface area contributed by atoms with Gasteiger partial charge < -0.3 is 15.3 Å². The molecule has 2 aromatic carbocycles. The summed E-state index contributed by atoms with van der Waals surface area (Å²) in [5.41, 5.74) is 2.76. The zero-order valence-electron chi connectivity index (χ0n) is 15.9. The van der Waals surface area contributed by atoms with Gasteiger partial charge in [-0.15, -0.1) is 0 Å². The van der Waals surface area contributed by atoms with Crippen molar-refractivity contribution in [2.24, 2.45) is 0 Å². The molecule has 0 aromatic heterocycles. The summed E-state index contributed by atoms with van der Waals surface area (Å²) < 4.78 is 0. The van der Waals surface area contributed by atoms with E-state index >= 15 is 0 Å². The van der Waals surface area contributed by atoms with Gasteiger partial charge in [0, 0.05) is 30.8 Å². The van der Waals surface area contributed by atoms with Crippen LogP contribution in [0.3, 0.4) is 0 Å². The maximum absolute atomic E-state index is 12.4. The summed E-state index contributed by atoms with van der Waals surface area (Å²) in [7, 11) is 0. The average molecular weight is 380 g/mol. The Labute approximate surface area is 164 Å². The summed E-state index contributed by atoms with van der Waals surface area (Å²) in [6, 6.07) is 11.9. The average Bonchev–Trinajstić information content (AvgIpc) is 3.21. The summed E-state index contributed by atoms with van der Waals surface area (Å²) in [4.78, 5) is 37.6. The smallest absolute Gasteiger partial charge is 0.335 e. The second-order valence-corrected chi connectivity index (χ2v) is 7.13. The first-order chi connectivity index (χ1) is 13.4. The molecule has 0 saturated carbocycles. The number of nitrogens with one attached hydrogen (secondary N) is 1. The third kappa shape index (κ3) is 4.97. The molecule has 146 valence electrons. The van der Waals surface area contributed by atoms with Gasteiger partial charge in [-0.1, -0.05) is 12.1 Å². The van der Waals surface area contributed by atoms with Crippen LogP contribution in [0.4, 0.5) is 5.69 Å². The fourth-order valence-corrected chi connectivity index (χ4v) is 3.37. The highest BCUT2D eigenvalue weighted by Crippen LogP contribution is 2.16. The number of aryl methyl sites for hydroxylation is 2. The second-order valence-electron chi connectivity index (χ2n) is 7.13. The molecule has 6 nitrogen and oxygen atoms in total. The molecule has 1 saturated heterocycles. The molecule has 3 rings (SSSR count). The van der Waals surface area contributed by atoms with Crippen LogP contribution in [0, 0.1) is 6.92 Å². The van der Waals surface area contributed by atoms with Crippen molar-refractivity contribution >= 4 is 23.5 Å². The van der Waals surface area contributed by atoms with Crippen LogP contribution in [0.25, 0.3) is 0 Å². The Bertz CT molecular complexity index is 884. The highest BCUT2D eigenvalue weighted by atomic mass is 16.4. The molecule has 28 heavy (non-hydrogen) atoms. The Morgan fingerprint density at radius 1 is 1.00 bits per heavy atom. The molecule has 1 fully saturated rings. The molecule has 0 unspecified atom stereocenters. The van der Waals surface area contributed by atoms with E-state index in [-0.39, 0.29) is 17.4 Å². The van der Waals surface area contributed by atoms with E-state index in [1.54, 1.807) is 25.1 Å². The Morgan fingerprint density at radius 3 is 2.29 bits per heavy atom. The van der Waals surface area contributed by atoms with Gasteiger partial charge in [0.2, 0.25) is 5.91 Å². The number of carbonyl (C=O) groups is 3. The first-order valence-corrected chi connectivity index (χ1v) is 9.45. The maximum atomic E-state index is 12.4. The van der Waals surface area contributed by atoms with Crippen LogP contribution in [0.2, 0.25) is 0 Å². The number of anilines is 1. The quantitative estimate of drug-likeness (QED) is 0.803. The minimum atomic E-state index is -1.06. The van der Waals surface area contributed by atoms with Crippen LogP contribution >= 0.6 is 0 Å². The van der Waals surface area contributed by atoms with Crippen molar-refractivity contribution < 1.29 is 19.5 Å². The van der Waals surface area contributed by atoms with Crippen LogP contribution in [0.1, 0.15) is 51.1 Å². The van der Waals surface area contributed by atoms with Crippen LogP contribution in [-0.2, 0) is 11.2 Å². The summed E-state index contributed by atoms with van der Waals surface area (Å²) >= 11 is 0. The number of carboxylic acid groups (broad SMARTS) is 1. The third-order valence-electron chi connectivity index (χ3n) is 4.88. The Morgan fingerprint density at radius 2 is 1.64 bits per heavy atom. The predicted molar refractivity (Wildman–Crippen MR) is 107 cm³/mol. The molecule has 1 aliphatic rings. The van der Waals surface area contributed by atoms with Crippen molar-refractivity contribution in [3.63, 3.8) is 0 Å². The third-order valence-corrected chi connectivity index (χ3v) is 4.88. The minimum absolute atomic E-state index is 0.0863. The number of aromatic carboxylic acids is 1. The van der Waals surface area contributed by atoms with Crippen LogP contribution in [0.5, 0.6) is 0 Å². The molecule has 1 heterocycles. The Hall–Kier alpha value is -3.15. The number of amides is 2. The van der Waals surface area contributed by atoms with E-state index in [0.29, 0.717) is 29.7 Å². The molecule has 2 N–H and O–H groups in total. The van der Waals surface area contributed by atoms with Crippen molar-refractivity contribution in [1.82, 2.24) is 4.90 Å². The van der Waals surface area contributed by atoms with Gasteiger partial charge in [-0.3, -0.25) is 9.59 Å². The number of carbonyl (C=O) groups excluding carboxylic acids is 2. The van der Waals surface area contributed by atoms with E-state index in [0.717, 1.165) is 31.5 Å². The van der Waals surface area contributed by atoms with E-state index in [9.17, 15) is 14.4 Å². The van der Waals surface area contributed by atoms with Crippen molar-refractivity contribution in [2.75, 3.05) is 18.4 Å². The number of hydrogen-bond acceptors (Lipinski definition) is 3. The van der Waals surface area contributed by atoms with E-state index in [2.05, 4.69) is 5.32 Å². The first-order valence-electron chi connectivity index (χ1n) is 9.45. The lowest BCUT2D eigenvalue weighted by Crippen LogP contribution is -2.27. The molecule has 0 radical (unpaired) electrons. The molecule has 0 bridgehead atoms. The van der Waals surface area contributed by atoms with Crippen LogP contribution in [-0.4, -0.2) is 40.9 Å². The minimum Gasteiger partial charge on any atom is -0.478 e. The molecule has 0 spiro atoms. The van der Waals surface area contributed by atoms with Gasteiger partial charge in [-0.25, -0.2) is 4.79 Å². The lowest BCUT2D eigenvalue weighted by Gasteiger charge is -2.15. The normalized spacial score (nSPS) is 13.4. The zero-order valence-corrected chi connectivity index (χ0v) is 15.9. The Kier molecular flexibility index (Phi) is 6.09. The second kappa shape index (κ2) is 8.69. The SMILES string of the molecule is Cc1cc(C(=O)O)cc(C(=O)Nc2ccc(CCC(=O)N3CCCC3)cc2)c1. The lowest BCUT2D eigenvalue weighted by molar-refractivity contribution is -0.130. The highest BCUT2D eigenvalue weighted by molar-refractivity contribution is 6.05. The summed E-state index contributed by atoms with van der Waals surface area (Å²) in [5, 5.41) is 11.9. The topological polar surface area (TPSA) is 86.7 Å². The first kappa shape index (κ1) is 19.6. The van der Waals surface area contributed by atoms with E-state index in [4.69, 9.17) is 5.11 Å². The fraction of sp³-hybridized carbons (Fsp3) is 0.318. The van der Waals surface area contributed by atoms with Gasteiger partial charge in [-0.2, -0.15) is 0 Å². The number of rotatable bonds is 6. The van der Waals surface area contributed by atoms with Crippen molar-refractivity contribution in [3.8, 4) is 0 Å². The molecule has 1 aliphatic heterocycles.